The highest BCUT2D eigenvalue weighted by Crippen LogP contribution is 2.25. The largest absolute Gasteiger partial charge is 0.446 e. The minimum absolute atomic E-state index is 0.0521. The van der Waals surface area contributed by atoms with E-state index in [1.54, 1.807) is 6.20 Å². The highest BCUT2D eigenvalue weighted by molar-refractivity contribution is 6.31. The molecule has 0 radical (unpaired) electrons. The fourth-order valence-electron chi connectivity index (χ4n) is 2.46. The number of rotatable bonds is 9. The summed E-state index contributed by atoms with van der Waals surface area (Å²) in [5.74, 6) is 0. The van der Waals surface area contributed by atoms with E-state index in [9.17, 15) is 4.79 Å². The fourth-order valence-corrected chi connectivity index (χ4v) is 2.62. The van der Waals surface area contributed by atoms with Gasteiger partial charge in [0.15, 0.2) is 0 Å². The first-order valence-electron chi connectivity index (χ1n) is 8.32. The number of anilines is 1. The maximum absolute atomic E-state index is 11.4. The molecule has 0 saturated heterocycles. The number of ether oxygens (including phenoxy) is 2. The second-order valence-corrected chi connectivity index (χ2v) is 6.15. The lowest BCUT2D eigenvalue weighted by Crippen LogP contribution is -2.27. The number of benzene rings is 1. The average molecular weight is 377 g/mol. The van der Waals surface area contributed by atoms with Crippen molar-refractivity contribution in [2.45, 2.75) is 25.8 Å². The first-order valence-corrected chi connectivity index (χ1v) is 8.70. The summed E-state index contributed by atoms with van der Waals surface area (Å²) in [6, 6.07) is 7.79. The molecule has 0 spiro atoms. The molecule has 7 nitrogen and oxygen atoms in total. The van der Waals surface area contributed by atoms with Gasteiger partial charge in [-0.3, -0.25) is 4.98 Å². The average Bonchev–Trinajstić information content (AvgIpc) is 2.62. The highest BCUT2D eigenvalue weighted by Gasteiger charge is 2.07. The summed E-state index contributed by atoms with van der Waals surface area (Å²) >= 11 is 6.01. The summed E-state index contributed by atoms with van der Waals surface area (Å²) < 4.78 is 9.26. The highest BCUT2D eigenvalue weighted by atomic mass is 35.5. The monoisotopic (exact) mass is 376 g/mol. The van der Waals surface area contributed by atoms with E-state index < -0.39 is 6.09 Å². The first-order chi connectivity index (χ1) is 12.6. The molecular formula is C18H21ClN4O3. The molecule has 0 saturated carbocycles. The summed E-state index contributed by atoms with van der Waals surface area (Å²) in [4.78, 5) is 15.7. The van der Waals surface area contributed by atoms with Crippen molar-refractivity contribution in [2.24, 2.45) is 0 Å². The van der Waals surface area contributed by atoms with Crippen molar-refractivity contribution < 1.29 is 14.3 Å². The Labute approximate surface area is 157 Å². The van der Waals surface area contributed by atoms with Crippen molar-refractivity contribution >= 4 is 34.3 Å². The zero-order valence-corrected chi connectivity index (χ0v) is 15.3. The molecule has 0 fully saturated rings. The zero-order chi connectivity index (χ0) is 18.8. The SMILES string of the molecule is CC(CCCNC(=O)OCCOC#N)Nc1ccnc2cc(Cl)ccc12. The number of amides is 1. The molecule has 0 bridgehead atoms. The molecule has 2 aromatic rings. The Bertz CT molecular complexity index is 779. The number of alkyl carbamates (subject to hydrolysis) is 1. The number of hydrogen-bond donors (Lipinski definition) is 2. The molecule has 138 valence electrons. The number of carbonyl (C=O) groups excluding carboxylic acids is 1. The minimum Gasteiger partial charge on any atom is -0.446 e. The summed E-state index contributed by atoms with van der Waals surface area (Å²) in [5.41, 5.74) is 1.85. The molecule has 1 heterocycles. The standard InChI is InChI=1S/C18H21ClN4O3/c1-13(3-2-7-22-18(24)26-10-9-25-12-20)23-16-6-8-21-17-11-14(19)4-5-15(16)17/h4-6,8,11,13H,2-3,7,9-10H2,1H3,(H,21,23)(H,22,24). The molecule has 1 amide bonds. The maximum Gasteiger partial charge on any atom is 0.407 e. The van der Waals surface area contributed by atoms with Gasteiger partial charge in [-0.1, -0.05) is 11.6 Å². The van der Waals surface area contributed by atoms with Crippen LogP contribution in [0, 0.1) is 11.5 Å². The zero-order valence-electron chi connectivity index (χ0n) is 14.5. The van der Waals surface area contributed by atoms with Crippen LogP contribution in [0.3, 0.4) is 0 Å². The van der Waals surface area contributed by atoms with E-state index in [-0.39, 0.29) is 19.3 Å². The Hall–Kier alpha value is -2.72. The first kappa shape index (κ1) is 19.6. The van der Waals surface area contributed by atoms with Crippen LogP contribution in [0.4, 0.5) is 10.5 Å². The van der Waals surface area contributed by atoms with Gasteiger partial charge in [-0.25, -0.2) is 4.79 Å². The van der Waals surface area contributed by atoms with E-state index >= 15 is 0 Å². The third kappa shape index (κ3) is 6.30. The Morgan fingerprint density at radius 2 is 2.23 bits per heavy atom. The number of carbonyl (C=O) groups is 1. The Morgan fingerprint density at radius 1 is 1.38 bits per heavy atom. The van der Waals surface area contributed by atoms with Crippen molar-refractivity contribution in [1.29, 1.82) is 5.26 Å². The molecule has 26 heavy (non-hydrogen) atoms. The molecule has 2 rings (SSSR count). The van der Waals surface area contributed by atoms with Crippen LogP contribution in [0.2, 0.25) is 5.02 Å². The number of nitrogens with zero attached hydrogens (tertiary/aromatic N) is 2. The lowest BCUT2D eigenvalue weighted by Gasteiger charge is -2.17. The second kappa shape index (κ2) is 10.3. The van der Waals surface area contributed by atoms with E-state index in [4.69, 9.17) is 21.6 Å². The summed E-state index contributed by atoms with van der Waals surface area (Å²) in [6.07, 6.45) is 4.42. The van der Waals surface area contributed by atoms with Gasteiger partial charge < -0.3 is 20.1 Å². The van der Waals surface area contributed by atoms with Crippen molar-refractivity contribution in [1.82, 2.24) is 10.3 Å². The second-order valence-electron chi connectivity index (χ2n) is 5.71. The quantitative estimate of drug-likeness (QED) is 0.511. The third-order valence-electron chi connectivity index (χ3n) is 3.67. The molecule has 1 unspecified atom stereocenters. The smallest absolute Gasteiger partial charge is 0.407 e. The van der Waals surface area contributed by atoms with Crippen LogP contribution in [-0.2, 0) is 9.47 Å². The van der Waals surface area contributed by atoms with Gasteiger partial charge in [-0.2, -0.15) is 5.26 Å². The molecule has 0 aliphatic rings. The third-order valence-corrected chi connectivity index (χ3v) is 3.91. The van der Waals surface area contributed by atoms with Gasteiger partial charge in [0.1, 0.15) is 13.2 Å². The van der Waals surface area contributed by atoms with Crippen LogP contribution >= 0.6 is 11.6 Å². The van der Waals surface area contributed by atoms with Crippen LogP contribution in [-0.4, -0.2) is 36.9 Å². The van der Waals surface area contributed by atoms with Gasteiger partial charge in [-0.05, 0) is 44.0 Å². The van der Waals surface area contributed by atoms with Gasteiger partial charge >= 0.3 is 6.09 Å². The van der Waals surface area contributed by atoms with Crippen molar-refractivity contribution in [3.63, 3.8) is 0 Å². The maximum atomic E-state index is 11.4. The van der Waals surface area contributed by atoms with Crippen LogP contribution in [0.1, 0.15) is 19.8 Å². The molecule has 1 aromatic heterocycles. The van der Waals surface area contributed by atoms with Gasteiger partial charge in [-0.15, -0.1) is 0 Å². The van der Waals surface area contributed by atoms with E-state index in [0.717, 1.165) is 29.4 Å². The number of nitrogens with one attached hydrogen (secondary N) is 2. The summed E-state index contributed by atoms with van der Waals surface area (Å²) in [7, 11) is 0. The Kier molecular flexibility index (Phi) is 7.77. The molecule has 2 N–H and O–H groups in total. The number of aromatic nitrogens is 1. The van der Waals surface area contributed by atoms with Crippen molar-refractivity contribution in [3.05, 3.63) is 35.5 Å². The number of nitriles is 1. The molecule has 1 aromatic carbocycles. The summed E-state index contributed by atoms with van der Waals surface area (Å²) in [5, 5.41) is 16.0. The van der Waals surface area contributed by atoms with Gasteiger partial charge in [0.25, 0.3) is 6.26 Å². The van der Waals surface area contributed by atoms with Crippen LogP contribution < -0.4 is 10.6 Å². The number of halogens is 1. The van der Waals surface area contributed by atoms with Crippen LogP contribution in [0.15, 0.2) is 30.5 Å². The van der Waals surface area contributed by atoms with E-state index in [1.807, 2.05) is 24.3 Å². The normalized spacial score (nSPS) is 11.4. The van der Waals surface area contributed by atoms with Crippen molar-refractivity contribution in [3.8, 4) is 6.26 Å². The predicted octanol–water partition coefficient (Wildman–Crippen LogP) is 3.69. The van der Waals surface area contributed by atoms with E-state index in [2.05, 4.69) is 27.3 Å². The topological polar surface area (TPSA) is 96.3 Å². The Balaban J connectivity index is 1.72. The van der Waals surface area contributed by atoms with Gasteiger partial charge in [0, 0.05) is 34.9 Å². The number of hydrogen-bond acceptors (Lipinski definition) is 6. The number of pyridine rings is 1. The van der Waals surface area contributed by atoms with Crippen molar-refractivity contribution in [2.75, 3.05) is 25.1 Å². The minimum atomic E-state index is -0.510. The molecule has 1 atom stereocenters. The predicted molar refractivity (Wildman–Crippen MR) is 100.0 cm³/mol. The number of fused-ring (bicyclic) bond motifs is 1. The summed E-state index contributed by atoms with van der Waals surface area (Å²) in [6.45, 7) is 2.71. The molecule has 0 aliphatic carbocycles. The Morgan fingerprint density at radius 3 is 3.04 bits per heavy atom. The van der Waals surface area contributed by atoms with Gasteiger partial charge in [0.2, 0.25) is 0 Å². The van der Waals surface area contributed by atoms with E-state index in [0.29, 0.717) is 11.6 Å². The fraction of sp³-hybridized carbons (Fsp3) is 0.389. The van der Waals surface area contributed by atoms with Gasteiger partial charge in [0.05, 0.1) is 5.52 Å². The van der Waals surface area contributed by atoms with Crippen LogP contribution in [0.5, 0.6) is 0 Å². The van der Waals surface area contributed by atoms with E-state index in [1.165, 1.54) is 6.26 Å². The lowest BCUT2D eigenvalue weighted by molar-refractivity contribution is 0.116. The molecule has 8 heteroatoms. The van der Waals surface area contributed by atoms with Crippen LogP contribution in [0.25, 0.3) is 10.9 Å². The molecule has 0 aliphatic heterocycles. The molecular weight excluding hydrogens is 356 g/mol. The lowest BCUT2D eigenvalue weighted by atomic mass is 10.1.